The fraction of sp³-hybridized carbons (Fsp3) is 0.450. The van der Waals surface area contributed by atoms with Crippen LogP contribution in [0.4, 0.5) is 5.95 Å². The Morgan fingerprint density at radius 1 is 1.19 bits per heavy atom. The van der Waals surface area contributed by atoms with Crippen LogP contribution in [0.2, 0.25) is 0 Å². The number of ether oxygens (including phenoxy) is 2. The van der Waals surface area contributed by atoms with Gasteiger partial charge in [-0.1, -0.05) is 13.0 Å². The molecule has 0 aliphatic carbocycles. The first kappa shape index (κ1) is 17.6. The Labute approximate surface area is 158 Å². The van der Waals surface area contributed by atoms with Gasteiger partial charge in [-0.15, -0.1) is 0 Å². The van der Waals surface area contributed by atoms with Crippen LogP contribution in [0, 0.1) is 12.8 Å². The maximum Gasteiger partial charge on any atom is 0.270 e. The summed E-state index contributed by atoms with van der Waals surface area (Å²) in [6.45, 7) is 6.67. The number of rotatable bonds is 4. The summed E-state index contributed by atoms with van der Waals surface area (Å²) in [5.74, 6) is 2.62. The Bertz CT molecular complexity index is 847. The summed E-state index contributed by atoms with van der Waals surface area (Å²) in [7, 11) is 0. The highest BCUT2D eigenvalue weighted by Crippen LogP contribution is 2.32. The third-order valence-corrected chi connectivity index (χ3v) is 5.03. The maximum atomic E-state index is 12.6. The molecule has 7 nitrogen and oxygen atoms in total. The number of fused-ring (bicyclic) bond motifs is 1. The normalized spacial score (nSPS) is 16.4. The lowest BCUT2D eigenvalue weighted by molar-refractivity contribution is 0.0945. The Balaban J connectivity index is 1.43. The first-order valence-corrected chi connectivity index (χ1v) is 9.36. The van der Waals surface area contributed by atoms with Crippen LogP contribution in [0.1, 0.15) is 41.5 Å². The van der Waals surface area contributed by atoms with E-state index < -0.39 is 0 Å². The lowest BCUT2D eigenvalue weighted by Crippen LogP contribution is -2.35. The molecule has 2 aliphatic heterocycles. The van der Waals surface area contributed by atoms with E-state index in [0.29, 0.717) is 23.9 Å². The van der Waals surface area contributed by atoms with Gasteiger partial charge in [-0.05, 0) is 49.4 Å². The number of anilines is 1. The Hall–Kier alpha value is -2.83. The molecule has 1 aromatic heterocycles. The smallest absolute Gasteiger partial charge is 0.270 e. The number of hydrogen-bond donors (Lipinski definition) is 1. The Morgan fingerprint density at radius 2 is 1.96 bits per heavy atom. The van der Waals surface area contributed by atoms with E-state index in [4.69, 9.17) is 9.47 Å². The molecule has 0 saturated carbocycles. The first-order chi connectivity index (χ1) is 13.1. The molecule has 0 atom stereocenters. The third kappa shape index (κ3) is 3.97. The van der Waals surface area contributed by atoms with E-state index in [-0.39, 0.29) is 12.7 Å². The Kier molecular flexibility index (Phi) is 4.83. The van der Waals surface area contributed by atoms with Gasteiger partial charge in [0.25, 0.3) is 5.91 Å². The molecule has 1 saturated heterocycles. The van der Waals surface area contributed by atoms with E-state index in [1.807, 2.05) is 25.1 Å². The van der Waals surface area contributed by atoms with Crippen LogP contribution in [0.15, 0.2) is 24.3 Å². The van der Waals surface area contributed by atoms with Crippen molar-refractivity contribution in [3.63, 3.8) is 0 Å². The molecule has 142 valence electrons. The van der Waals surface area contributed by atoms with E-state index in [1.165, 1.54) is 0 Å². The predicted octanol–water partition coefficient (Wildman–Crippen LogP) is 2.68. The number of benzene rings is 1. The molecule has 0 radical (unpaired) electrons. The standard InChI is InChI=1S/C20H24N4O3/c1-13-5-7-24(8-6-13)20-22-14(2)9-16(23-20)19(25)21-11-15-3-4-17-18(10-15)27-12-26-17/h3-4,9-10,13H,5-8,11-12H2,1-2H3,(H,21,25). The molecule has 4 rings (SSSR count). The van der Waals surface area contributed by atoms with Crippen LogP contribution < -0.4 is 19.7 Å². The molecule has 1 N–H and O–H groups in total. The number of nitrogens with one attached hydrogen (secondary N) is 1. The highest BCUT2D eigenvalue weighted by atomic mass is 16.7. The second-order valence-corrected chi connectivity index (χ2v) is 7.23. The molecule has 27 heavy (non-hydrogen) atoms. The lowest BCUT2D eigenvalue weighted by atomic mass is 10.00. The van der Waals surface area contributed by atoms with Gasteiger partial charge in [0.05, 0.1) is 0 Å². The van der Waals surface area contributed by atoms with E-state index in [1.54, 1.807) is 6.07 Å². The van der Waals surface area contributed by atoms with E-state index >= 15 is 0 Å². The monoisotopic (exact) mass is 368 g/mol. The van der Waals surface area contributed by atoms with Crippen molar-refractivity contribution in [1.82, 2.24) is 15.3 Å². The van der Waals surface area contributed by atoms with Crippen molar-refractivity contribution in [1.29, 1.82) is 0 Å². The molecule has 1 fully saturated rings. The van der Waals surface area contributed by atoms with Crippen LogP contribution in [0.25, 0.3) is 0 Å². The minimum Gasteiger partial charge on any atom is -0.454 e. The molecule has 0 unspecified atom stereocenters. The summed E-state index contributed by atoms with van der Waals surface area (Å²) in [6.07, 6.45) is 2.26. The van der Waals surface area contributed by atoms with Crippen LogP contribution in [0.5, 0.6) is 11.5 Å². The molecule has 1 amide bonds. The van der Waals surface area contributed by atoms with Gasteiger partial charge >= 0.3 is 0 Å². The summed E-state index contributed by atoms with van der Waals surface area (Å²) >= 11 is 0. The number of amides is 1. The molecule has 0 bridgehead atoms. The average molecular weight is 368 g/mol. The number of carbonyl (C=O) groups is 1. The molecule has 2 aliphatic rings. The SMILES string of the molecule is Cc1cc(C(=O)NCc2ccc3c(c2)OCO3)nc(N2CCC(C)CC2)n1. The summed E-state index contributed by atoms with van der Waals surface area (Å²) < 4.78 is 10.7. The van der Waals surface area contributed by atoms with Crippen LogP contribution >= 0.6 is 0 Å². The Morgan fingerprint density at radius 3 is 2.78 bits per heavy atom. The van der Waals surface area contributed by atoms with Crippen molar-refractivity contribution in [3.8, 4) is 11.5 Å². The largest absolute Gasteiger partial charge is 0.454 e. The van der Waals surface area contributed by atoms with Gasteiger partial charge in [0.15, 0.2) is 11.5 Å². The van der Waals surface area contributed by atoms with Gasteiger partial charge in [0.1, 0.15) is 5.69 Å². The molecule has 7 heteroatoms. The number of nitrogens with zero attached hydrogens (tertiary/aromatic N) is 3. The van der Waals surface area contributed by atoms with Crippen molar-refractivity contribution >= 4 is 11.9 Å². The molecule has 0 spiro atoms. The number of carbonyl (C=O) groups excluding carboxylic acids is 1. The van der Waals surface area contributed by atoms with Crippen molar-refractivity contribution in [3.05, 3.63) is 41.2 Å². The van der Waals surface area contributed by atoms with Crippen molar-refractivity contribution in [2.75, 3.05) is 24.8 Å². The van der Waals surface area contributed by atoms with Crippen LogP contribution in [-0.4, -0.2) is 35.8 Å². The predicted molar refractivity (Wildman–Crippen MR) is 101 cm³/mol. The molecule has 2 aromatic rings. The average Bonchev–Trinajstić information content (AvgIpc) is 3.14. The van der Waals surface area contributed by atoms with Gasteiger partial charge < -0.3 is 19.7 Å². The quantitative estimate of drug-likeness (QED) is 0.894. The minimum absolute atomic E-state index is 0.204. The fourth-order valence-corrected chi connectivity index (χ4v) is 3.34. The number of piperidine rings is 1. The topological polar surface area (TPSA) is 76.6 Å². The van der Waals surface area contributed by atoms with Gasteiger partial charge in [-0.2, -0.15) is 0 Å². The van der Waals surface area contributed by atoms with E-state index in [2.05, 4.69) is 27.1 Å². The molecule has 1 aromatic carbocycles. The van der Waals surface area contributed by atoms with Crippen molar-refractivity contribution < 1.29 is 14.3 Å². The zero-order valence-corrected chi connectivity index (χ0v) is 15.7. The van der Waals surface area contributed by atoms with Gasteiger partial charge in [0.2, 0.25) is 12.7 Å². The highest BCUT2D eigenvalue weighted by Gasteiger charge is 2.20. The van der Waals surface area contributed by atoms with Crippen LogP contribution in [0.3, 0.4) is 0 Å². The van der Waals surface area contributed by atoms with E-state index in [0.717, 1.165) is 48.9 Å². The first-order valence-electron chi connectivity index (χ1n) is 9.36. The minimum atomic E-state index is -0.204. The summed E-state index contributed by atoms with van der Waals surface area (Å²) in [5.41, 5.74) is 2.15. The number of aryl methyl sites for hydroxylation is 1. The zero-order chi connectivity index (χ0) is 18.8. The second-order valence-electron chi connectivity index (χ2n) is 7.23. The fourth-order valence-electron chi connectivity index (χ4n) is 3.34. The lowest BCUT2D eigenvalue weighted by Gasteiger charge is -2.30. The summed E-state index contributed by atoms with van der Waals surface area (Å²) in [4.78, 5) is 23.8. The molecular weight excluding hydrogens is 344 g/mol. The van der Waals surface area contributed by atoms with Gasteiger partial charge in [-0.3, -0.25) is 4.79 Å². The molecule has 3 heterocycles. The zero-order valence-electron chi connectivity index (χ0n) is 15.7. The summed E-state index contributed by atoms with van der Waals surface area (Å²) in [5, 5.41) is 2.93. The maximum absolute atomic E-state index is 12.6. The van der Waals surface area contributed by atoms with Crippen molar-refractivity contribution in [2.45, 2.75) is 33.2 Å². The highest BCUT2D eigenvalue weighted by molar-refractivity contribution is 5.92. The van der Waals surface area contributed by atoms with Gasteiger partial charge in [0, 0.05) is 25.3 Å². The summed E-state index contributed by atoms with van der Waals surface area (Å²) in [6, 6.07) is 7.38. The number of hydrogen-bond acceptors (Lipinski definition) is 6. The van der Waals surface area contributed by atoms with E-state index in [9.17, 15) is 4.79 Å². The molecular formula is C20H24N4O3. The van der Waals surface area contributed by atoms with Crippen molar-refractivity contribution in [2.24, 2.45) is 5.92 Å². The third-order valence-electron chi connectivity index (χ3n) is 5.03. The van der Waals surface area contributed by atoms with Gasteiger partial charge in [-0.25, -0.2) is 9.97 Å². The number of aromatic nitrogens is 2. The van der Waals surface area contributed by atoms with Crippen LogP contribution in [-0.2, 0) is 6.54 Å². The second kappa shape index (κ2) is 7.42.